The molecule has 0 saturated heterocycles. The van der Waals surface area contributed by atoms with E-state index in [1.165, 1.54) is 29.7 Å². The summed E-state index contributed by atoms with van der Waals surface area (Å²) in [6.45, 7) is 8.02. The topological polar surface area (TPSA) is 24.5 Å². The van der Waals surface area contributed by atoms with Gasteiger partial charge < -0.3 is 10.1 Å². The Balaban J connectivity index is 1.39. The molecular formula is C20H26N2O. The van der Waals surface area contributed by atoms with Crippen LogP contribution in [0.3, 0.4) is 0 Å². The highest BCUT2D eigenvalue weighted by molar-refractivity contribution is 5.29. The second-order valence-corrected chi connectivity index (χ2v) is 6.05. The lowest BCUT2D eigenvalue weighted by Crippen LogP contribution is -2.35. The monoisotopic (exact) mass is 310 g/mol. The van der Waals surface area contributed by atoms with Gasteiger partial charge in [-0.05, 0) is 42.2 Å². The molecule has 3 rings (SSSR count). The maximum Gasteiger partial charge on any atom is 0.119 e. The second kappa shape index (κ2) is 8.14. The molecule has 0 atom stereocenters. The van der Waals surface area contributed by atoms with Gasteiger partial charge in [-0.1, -0.05) is 36.4 Å². The van der Waals surface area contributed by atoms with Crippen LogP contribution in [0.15, 0.2) is 48.5 Å². The van der Waals surface area contributed by atoms with Gasteiger partial charge in [0.15, 0.2) is 0 Å². The quantitative estimate of drug-likeness (QED) is 0.795. The molecule has 3 heteroatoms. The van der Waals surface area contributed by atoms with E-state index in [4.69, 9.17) is 4.74 Å². The first-order chi connectivity index (χ1) is 11.3. The van der Waals surface area contributed by atoms with Gasteiger partial charge in [-0.15, -0.1) is 0 Å². The summed E-state index contributed by atoms with van der Waals surface area (Å²) in [7, 11) is 0. The third-order valence-electron chi connectivity index (χ3n) is 4.38. The van der Waals surface area contributed by atoms with E-state index < -0.39 is 0 Å². The normalized spacial score (nSPS) is 14.5. The highest BCUT2D eigenvalue weighted by atomic mass is 16.5. The highest BCUT2D eigenvalue weighted by Crippen LogP contribution is 2.17. The van der Waals surface area contributed by atoms with Crippen molar-refractivity contribution in [2.24, 2.45) is 0 Å². The summed E-state index contributed by atoms with van der Waals surface area (Å²) < 4.78 is 5.47. The molecule has 1 aliphatic rings. The molecule has 3 nitrogen and oxygen atoms in total. The van der Waals surface area contributed by atoms with Gasteiger partial charge >= 0.3 is 0 Å². The first-order valence-corrected chi connectivity index (χ1v) is 8.57. The van der Waals surface area contributed by atoms with Crippen molar-refractivity contribution in [2.75, 3.05) is 26.2 Å². The lowest BCUT2D eigenvalue weighted by molar-refractivity contribution is 0.254. The van der Waals surface area contributed by atoms with Crippen molar-refractivity contribution in [2.45, 2.75) is 26.4 Å². The van der Waals surface area contributed by atoms with Crippen molar-refractivity contribution in [3.05, 3.63) is 65.2 Å². The van der Waals surface area contributed by atoms with Crippen molar-refractivity contribution < 1.29 is 4.74 Å². The third-order valence-corrected chi connectivity index (χ3v) is 4.38. The summed E-state index contributed by atoms with van der Waals surface area (Å²) in [6.07, 6.45) is 1.18. The SMILES string of the molecule is CCOc1ccc(CNCCN2CCc3ccccc3C2)cc1. The Labute approximate surface area is 139 Å². The van der Waals surface area contributed by atoms with Gasteiger partial charge in [0, 0.05) is 32.7 Å². The van der Waals surface area contributed by atoms with E-state index in [0.29, 0.717) is 0 Å². The van der Waals surface area contributed by atoms with Crippen LogP contribution in [0.25, 0.3) is 0 Å². The Kier molecular flexibility index (Phi) is 5.67. The maximum absolute atomic E-state index is 5.47. The lowest BCUT2D eigenvalue weighted by atomic mass is 10.00. The molecule has 1 heterocycles. The molecule has 0 fully saturated rings. The Morgan fingerprint density at radius 2 is 1.83 bits per heavy atom. The zero-order valence-corrected chi connectivity index (χ0v) is 13.9. The smallest absolute Gasteiger partial charge is 0.119 e. The van der Waals surface area contributed by atoms with Crippen molar-refractivity contribution in [3.63, 3.8) is 0 Å². The second-order valence-electron chi connectivity index (χ2n) is 6.05. The van der Waals surface area contributed by atoms with E-state index in [1.54, 1.807) is 0 Å². The van der Waals surface area contributed by atoms with Crippen LogP contribution < -0.4 is 10.1 Å². The minimum absolute atomic E-state index is 0.719. The molecule has 0 unspecified atom stereocenters. The van der Waals surface area contributed by atoms with Gasteiger partial charge in [-0.2, -0.15) is 0 Å². The summed E-state index contributed by atoms with van der Waals surface area (Å²) in [4.78, 5) is 2.54. The largest absolute Gasteiger partial charge is 0.494 e. The molecule has 23 heavy (non-hydrogen) atoms. The Bertz CT molecular complexity index is 609. The molecular weight excluding hydrogens is 284 g/mol. The van der Waals surface area contributed by atoms with Crippen LogP contribution in [-0.2, 0) is 19.5 Å². The Hall–Kier alpha value is -1.84. The summed E-state index contributed by atoms with van der Waals surface area (Å²) in [6, 6.07) is 17.2. The highest BCUT2D eigenvalue weighted by Gasteiger charge is 2.14. The van der Waals surface area contributed by atoms with Gasteiger partial charge in [0.1, 0.15) is 5.75 Å². The van der Waals surface area contributed by atoms with Crippen LogP contribution in [-0.4, -0.2) is 31.1 Å². The zero-order chi connectivity index (χ0) is 15.9. The fourth-order valence-electron chi connectivity index (χ4n) is 3.09. The van der Waals surface area contributed by atoms with Gasteiger partial charge in [0.25, 0.3) is 0 Å². The van der Waals surface area contributed by atoms with E-state index >= 15 is 0 Å². The summed E-state index contributed by atoms with van der Waals surface area (Å²) >= 11 is 0. The summed E-state index contributed by atoms with van der Waals surface area (Å²) in [5.74, 6) is 0.947. The molecule has 0 aliphatic carbocycles. The molecule has 122 valence electrons. The standard InChI is InChI=1S/C20H26N2O/c1-2-23-20-9-7-17(8-10-20)15-21-12-14-22-13-11-18-5-3-4-6-19(18)16-22/h3-10,21H,2,11-16H2,1H3. The van der Waals surface area contributed by atoms with Gasteiger partial charge in [-0.25, -0.2) is 0 Å². The molecule has 0 aromatic heterocycles. The van der Waals surface area contributed by atoms with E-state index in [0.717, 1.165) is 38.5 Å². The lowest BCUT2D eigenvalue weighted by Gasteiger charge is -2.28. The number of fused-ring (bicyclic) bond motifs is 1. The fraction of sp³-hybridized carbons (Fsp3) is 0.400. The number of nitrogens with one attached hydrogen (secondary N) is 1. The molecule has 2 aromatic rings. The number of hydrogen-bond acceptors (Lipinski definition) is 3. The van der Waals surface area contributed by atoms with Crippen LogP contribution in [0.5, 0.6) is 5.75 Å². The van der Waals surface area contributed by atoms with Crippen LogP contribution in [0.4, 0.5) is 0 Å². The predicted octanol–water partition coefficient (Wildman–Crippen LogP) is 3.23. The molecule has 0 spiro atoms. The van der Waals surface area contributed by atoms with E-state index in [9.17, 15) is 0 Å². The zero-order valence-electron chi connectivity index (χ0n) is 13.9. The van der Waals surface area contributed by atoms with Crippen molar-refractivity contribution in [1.29, 1.82) is 0 Å². The Morgan fingerprint density at radius 1 is 1.04 bits per heavy atom. The van der Waals surface area contributed by atoms with Crippen LogP contribution in [0.1, 0.15) is 23.6 Å². The van der Waals surface area contributed by atoms with Crippen LogP contribution >= 0.6 is 0 Å². The minimum atomic E-state index is 0.719. The molecule has 0 bridgehead atoms. The molecule has 1 N–H and O–H groups in total. The van der Waals surface area contributed by atoms with E-state index in [2.05, 4.69) is 46.6 Å². The molecule has 0 saturated carbocycles. The molecule has 2 aromatic carbocycles. The number of ether oxygens (including phenoxy) is 1. The maximum atomic E-state index is 5.47. The minimum Gasteiger partial charge on any atom is -0.494 e. The average Bonchev–Trinajstić information content (AvgIpc) is 2.60. The number of benzene rings is 2. The average molecular weight is 310 g/mol. The van der Waals surface area contributed by atoms with Gasteiger partial charge in [0.2, 0.25) is 0 Å². The number of rotatable bonds is 7. The Morgan fingerprint density at radius 3 is 2.61 bits per heavy atom. The first-order valence-electron chi connectivity index (χ1n) is 8.57. The van der Waals surface area contributed by atoms with Gasteiger partial charge in [0.05, 0.1) is 6.61 Å². The van der Waals surface area contributed by atoms with Gasteiger partial charge in [-0.3, -0.25) is 4.90 Å². The fourth-order valence-corrected chi connectivity index (χ4v) is 3.09. The van der Waals surface area contributed by atoms with E-state index in [1.807, 2.05) is 19.1 Å². The van der Waals surface area contributed by atoms with Crippen LogP contribution in [0.2, 0.25) is 0 Å². The van der Waals surface area contributed by atoms with Crippen molar-refractivity contribution >= 4 is 0 Å². The first kappa shape index (κ1) is 16.0. The predicted molar refractivity (Wildman–Crippen MR) is 94.7 cm³/mol. The molecule has 1 aliphatic heterocycles. The van der Waals surface area contributed by atoms with E-state index in [-0.39, 0.29) is 0 Å². The van der Waals surface area contributed by atoms with Crippen molar-refractivity contribution in [3.8, 4) is 5.75 Å². The summed E-state index contributed by atoms with van der Waals surface area (Å²) in [5, 5.41) is 3.54. The van der Waals surface area contributed by atoms with Crippen molar-refractivity contribution in [1.82, 2.24) is 10.2 Å². The number of hydrogen-bond donors (Lipinski definition) is 1. The molecule has 0 amide bonds. The number of nitrogens with zero attached hydrogens (tertiary/aromatic N) is 1. The summed E-state index contributed by atoms with van der Waals surface area (Å²) in [5.41, 5.74) is 4.31. The van der Waals surface area contributed by atoms with Crippen LogP contribution in [0, 0.1) is 0 Å². The third kappa shape index (κ3) is 4.57. The molecule has 0 radical (unpaired) electrons.